The van der Waals surface area contributed by atoms with Crippen LogP contribution in [-0.2, 0) is 4.79 Å². The van der Waals surface area contributed by atoms with E-state index in [9.17, 15) is 14.4 Å². The Bertz CT molecular complexity index is 1310. The number of amides is 3. The fourth-order valence-electron chi connectivity index (χ4n) is 4.59. The Hall–Kier alpha value is -3.86. The number of nitrogen functional groups attached to an aromatic ring is 1. The number of aryl methyl sites for hydroxylation is 2. The van der Waals surface area contributed by atoms with Crippen LogP contribution < -0.4 is 26.4 Å². The van der Waals surface area contributed by atoms with Gasteiger partial charge in [-0.25, -0.2) is 0 Å². The van der Waals surface area contributed by atoms with Gasteiger partial charge in [0.25, 0.3) is 17.7 Å². The maximum atomic E-state index is 14.2. The molecule has 1 fully saturated rings. The molecule has 0 bridgehead atoms. The number of nitrogens with two attached hydrogens (primary N) is 2. The van der Waals surface area contributed by atoms with E-state index in [1.165, 1.54) is 12.0 Å². The first-order chi connectivity index (χ1) is 17.7. The molecule has 1 aliphatic rings. The number of anilines is 2. The van der Waals surface area contributed by atoms with E-state index in [1.807, 2.05) is 13.0 Å². The summed E-state index contributed by atoms with van der Waals surface area (Å²) in [4.78, 5) is 41.2. The highest BCUT2D eigenvalue weighted by Crippen LogP contribution is 2.39. The molecule has 1 aliphatic carbocycles. The summed E-state index contributed by atoms with van der Waals surface area (Å²) in [6.07, 6.45) is 4.90. The van der Waals surface area contributed by atoms with Gasteiger partial charge in [-0.1, -0.05) is 25.3 Å². The van der Waals surface area contributed by atoms with Crippen LogP contribution in [0.2, 0.25) is 0 Å². The van der Waals surface area contributed by atoms with Gasteiger partial charge < -0.3 is 25.9 Å². The van der Waals surface area contributed by atoms with Crippen LogP contribution in [0.3, 0.4) is 0 Å². The molecule has 0 unspecified atom stereocenters. The van der Waals surface area contributed by atoms with Gasteiger partial charge in [-0.3, -0.25) is 19.3 Å². The predicted molar refractivity (Wildman–Crippen MR) is 141 cm³/mol. The second-order valence-corrected chi connectivity index (χ2v) is 9.96. The van der Waals surface area contributed by atoms with E-state index >= 15 is 0 Å². The molecular formula is C26H31N5O5S. The highest BCUT2D eigenvalue weighted by atomic mass is 32.1. The van der Waals surface area contributed by atoms with E-state index < -0.39 is 23.8 Å². The number of rotatable bonds is 8. The van der Waals surface area contributed by atoms with Crippen molar-refractivity contribution in [2.24, 2.45) is 5.73 Å². The molecule has 0 aliphatic heterocycles. The van der Waals surface area contributed by atoms with Crippen molar-refractivity contribution in [1.29, 1.82) is 0 Å². The van der Waals surface area contributed by atoms with E-state index in [2.05, 4.69) is 9.69 Å². The molecule has 3 aromatic rings. The number of methoxy groups -OCH3 is 1. The number of furan rings is 1. The lowest BCUT2D eigenvalue weighted by Crippen LogP contribution is -2.47. The summed E-state index contributed by atoms with van der Waals surface area (Å²) in [5, 5.41) is 3.12. The number of carbonyl (C=O) groups excluding carboxylic acids is 3. The van der Waals surface area contributed by atoms with Gasteiger partial charge in [0.15, 0.2) is 11.7 Å². The predicted octanol–water partition coefficient (Wildman–Crippen LogP) is 3.88. The summed E-state index contributed by atoms with van der Waals surface area (Å²) in [6, 6.07) is 7.53. The van der Waals surface area contributed by atoms with Crippen LogP contribution >= 0.6 is 11.5 Å². The number of carbonyl (C=O) groups is 3. The second-order valence-electron chi connectivity index (χ2n) is 9.18. The summed E-state index contributed by atoms with van der Waals surface area (Å²) in [5.74, 6) is -0.638. The van der Waals surface area contributed by atoms with Crippen LogP contribution in [0.15, 0.2) is 34.7 Å². The number of primary amides is 1. The first-order valence-electron chi connectivity index (χ1n) is 12.1. The van der Waals surface area contributed by atoms with Crippen LogP contribution in [0.1, 0.15) is 75.4 Å². The smallest absolute Gasteiger partial charge is 0.273 e. The minimum absolute atomic E-state index is 0.00824. The normalized spacial score (nSPS) is 14.7. The van der Waals surface area contributed by atoms with Gasteiger partial charge in [0.05, 0.1) is 18.5 Å². The van der Waals surface area contributed by atoms with Crippen molar-refractivity contribution in [3.05, 3.63) is 58.0 Å². The summed E-state index contributed by atoms with van der Waals surface area (Å²) >= 11 is 0.748. The molecule has 3 amide bonds. The van der Waals surface area contributed by atoms with Crippen LogP contribution in [-0.4, -0.2) is 35.2 Å². The van der Waals surface area contributed by atoms with Gasteiger partial charge in [0, 0.05) is 6.04 Å². The Morgan fingerprint density at radius 3 is 2.49 bits per heavy atom. The fraction of sp³-hybridized carbons (Fsp3) is 0.385. The molecule has 4 rings (SSSR count). The third-order valence-electron chi connectivity index (χ3n) is 6.46. The molecule has 37 heavy (non-hydrogen) atoms. The van der Waals surface area contributed by atoms with Crippen molar-refractivity contribution in [2.75, 3.05) is 17.7 Å². The zero-order valence-electron chi connectivity index (χ0n) is 21.1. The molecule has 11 heteroatoms. The van der Waals surface area contributed by atoms with Crippen molar-refractivity contribution in [2.45, 2.75) is 58.0 Å². The maximum absolute atomic E-state index is 14.2. The number of benzene rings is 1. The average Bonchev–Trinajstić information content (AvgIpc) is 3.47. The number of aromatic nitrogens is 1. The lowest BCUT2D eigenvalue weighted by molar-refractivity contribution is -0.123. The quantitative estimate of drug-likeness (QED) is 0.403. The van der Waals surface area contributed by atoms with Crippen molar-refractivity contribution < 1.29 is 23.5 Å². The van der Waals surface area contributed by atoms with E-state index in [4.69, 9.17) is 20.6 Å². The molecule has 2 heterocycles. The van der Waals surface area contributed by atoms with Gasteiger partial charge in [-0.05, 0) is 68.1 Å². The largest absolute Gasteiger partial charge is 0.495 e. The van der Waals surface area contributed by atoms with Gasteiger partial charge >= 0.3 is 0 Å². The van der Waals surface area contributed by atoms with Gasteiger partial charge in [0.1, 0.15) is 22.1 Å². The number of ether oxygens (including phenoxy) is 1. The van der Waals surface area contributed by atoms with E-state index in [0.29, 0.717) is 17.2 Å². The minimum atomic E-state index is -1.18. The maximum Gasteiger partial charge on any atom is 0.273 e. The molecular weight excluding hydrogens is 494 g/mol. The molecule has 0 saturated heterocycles. The lowest BCUT2D eigenvalue weighted by atomic mass is 9.95. The summed E-state index contributed by atoms with van der Waals surface area (Å²) in [7, 11) is 1.48. The highest BCUT2D eigenvalue weighted by molar-refractivity contribution is 7.09. The SMILES string of the molecule is COc1ccc(C)cc1N(C(=O)c1snc(C(N)=O)c1N)[C@H](C(=O)NC1CCCCC1)c1ccc(C)o1. The van der Waals surface area contributed by atoms with Crippen molar-refractivity contribution in [3.63, 3.8) is 0 Å². The molecule has 0 spiro atoms. The fourth-order valence-corrected chi connectivity index (χ4v) is 5.34. The summed E-state index contributed by atoms with van der Waals surface area (Å²) in [6.45, 7) is 3.63. The third kappa shape index (κ3) is 5.46. The van der Waals surface area contributed by atoms with Gasteiger partial charge in [0.2, 0.25) is 0 Å². The standard InChI is InChI=1S/C26H31N5O5S/c1-14-9-11-18(35-3)17(13-14)31(26(34)23-20(27)21(24(28)32)30-37-23)22(19-12-10-15(2)36-19)25(33)29-16-7-5-4-6-8-16/h9-13,16,22H,4-8,27H2,1-3H3,(H2,28,32)(H,29,33)/t22-/m0/s1. The van der Waals surface area contributed by atoms with E-state index in [0.717, 1.165) is 49.2 Å². The van der Waals surface area contributed by atoms with Crippen LogP contribution in [0.4, 0.5) is 11.4 Å². The summed E-state index contributed by atoms with van der Waals surface area (Å²) < 4.78 is 15.5. The highest BCUT2D eigenvalue weighted by Gasteiger charge is 2.39. The molecule has 1 atom stereocenters. The Kier molecular flexibility index (Phi) is 7.82. The average molecular weight is 526 g/mol. The minimum Gasteiger partial charge on any atom is -0.495 e. The number of hydrogen-bond donors (Lipinski definition) is 3. The Morgan fingerprint density at radius 1 is 1.16 bits per heavy atom. The molecule has 196 valence electrons. The van der Waals surface area contributed by atoms with E-state index in [1.54, 1.807) is 31.2 Å². The first-order valence-corrected chi connectivity index (χ1v) is 12.9. The zero-order valence-corrected chi connectivity index (χ0v) is 21.9. The van der Waals surface area contributed by atoms with E-state index in [-0.39, 0.29) is 28.1 Å². The first kappa shape index (κ1) is 26.2. The number of hydrogen-bond acceptors (Lipinski definition) is 8. The lowest BCUT2D eigenvalue weighted by Gasteiger charge is -2.32. The van der Waals surface area contributed by atoms with Crippen LogP contribution in [0.5, 0.6) is 5.75 Å². The Labute approximate surface area is 219 Å². The number of nitrogens with zero attached hydrogens (tertiary/aromatic N) is 2. The number of nitrogens with one attached hydrogen (secondary N) is 1. The van der Waals surface area contributed by atoms with Crippen molar-refractivity contribution >= 4 is 40.6 Å². The summed E-state index contributed by atoms with van der Waals surface area (Å²) in [5.41, 5.74) is 12.4. The van der Waals surface area contributed by atoms with Gasteiger partial charge in [-0.2, -0.15) is 4.37 Å². The van der Waals surface area contributed by atoms with Crippen LogP contribution in [0, 0.1) is 13.8 Å². The Morgan fingerprint density at radius 2 is 1.89 bits per heavy atom. The van der Waals surface area contributed by atoms with Crippen molar-refractivity contribution in [3.8, 4) is 5.75 Å². The molecule has 2 aromatic heterocycles. The van der Waals surface area contributed by atoms with Crippen molar-refractivity contribution in [1.82, 2.24) is 9.69 Å². The molecule has 1 aromatic carbocycles. The van der Waals surface area contributed by atoms with Gasteiger partial charge in [-0.15, -0.1) is 0 Å². The topological polar surface area (TPSA) is 154 Å². The molecule has 1 saturated carbocycles. The third-order valence-corrected chi connectivity index (χ3v) is 7.31. The second kappa shape index (κ2) is 11.0. The molecule has 5 N–H and O–H groups in total. The molecule has 0 radical (unpaired) electrons. The zero-order chi connectivity index (χ0) is 26.7. The monoisotopic (exact) mass is 525 g/mol. The Balaban J connectivity index is 1.88. The molecule has 10 nitrogen and oxygen atoms in total. The van der Waals surface area contributed by atoms with Crippen LogP contribution in [0.25, 0.3) is 0 Å².